The van der Waals surface area contributed by atoms with Crippen LogP contribution in [0, 0.1) is 0 Å². The van der Waals surface area contributed by atoms with Gasteiger partial charge in [-0.05, 0) is 0 Å². The number of nitrogens with zero attached hydrogens (tertiary/aromatic N) is 6. The Morgan fingerprint density at radius 2 is 0.560 bits per heavy atom. The van der Waals surface area contributed by atoms with Crippen LogP contribution in [0.3, 0.4) is 0 Å². The second-order valence-corrected chi connectivity index (χ2v) is 32.6. The molecule has 10 heteroatoms. The monoisotopic (exact) mass is 462 g/mol. The summed E-state index contributed by atoms with van der Waals surface area (Å²) in [4.78, 5) is 0. The van der Waals surface area contributed by atoms with Crippen LogP contribution in [0.25, 0.3) is 0 Å². The van der Waals surface area contributed by atoms with Crippen LogP contribution in [0.2, 0.25) is 58.9 Å². The van der Waals surface area contributed by atoms with E-state index in [9.17, 15) is 0 Å². The summed E-state index contributed by atoms with van der Waals surface area (Å²) in [6.07, 6.45) is 0. The van der Waals surface area contributed by atoms with Gasteiger partial charge < -0.3 is 0 Å². The standard InChI is InChI=1S/3C5H15N2Si.Ga/c3*1-7(2)6-8(3,4)5;/h3*1-5H3;/q3*-1;+3. The summed E-state index contributed by atoms with van der Waals surface area (Å²) in [5.74, 6) is 0. The minimum atomic E-state index is -2.32. The molecule has 0 aromatic heterocycles. The first kappa shape index (κ1) is 26.0. The van der Waals surface area contributed by atoms with Crippen LogP contribution in [0.5, 0.6) is 0 Å². The van der Waals surface area contributed by atoms with Crippen molar-refractivity contribution in [2.45, 2.75) is 58.9 Å². The van der Waals surface area contributed by atoms with E-state index in [0.29, 0.717) is 0 Å². The molecule has 0 amide bonds. The second-order valence-electron chi connectivity index (χ2n) is 10.4. The normalized spacial score (nSPS) is 14.8. The Labute approximate surface area is 167 Å². The van der Waals surface area contributed by atoms with Gasteiger partial charge in [-0.2, -0.15) is 0 Å². The summed E-state index contributed by atoms with van der Waals surface area (Å²) < 4.78 is 8.53. The Balaban J connectivity index is 6.67. The molecule has 150 valence electrons. The summed E-state index contributed by atoms with van der Waals surface area (Å²) in [6, 6.07) is 0. The van der Waals surface area contributed by atoms with Crippen molar-refractivity contribution in [3.63, 3.8) is 0 Å². The maximum atomic E-state index is 2.84. The summed E-state index contributed by atoms with van der Waals surface area (Å²) in [6.45, 7) is 22.4. The molecule has 0 aromatic rings. The van der Waals surface area contributed by atoms with E-state index in [4.69, 9.17) is 0 Å². The Kier molecular flexibility index (Phi) is 9.41. The molecule has 0 spiro atoms. The second kappa shape index (κ2) is 9.03. The van der Waals surface area contributed by atoms with E-state index in [0.717, 1.165) is 0 Å². The number of hydrogen-bond acceptors (Lipinski definition) is 6. The van der Waals surface area contributed by atoms with E-state index >= 15 is 0 Å². The first-order valence-electron chi connectivity index (χ1n) is 9.23. The van der Waals surface area contributed by atoms with Gasteiger partial charge in [0.05, 0.1) is 0 Å². The quantitative estimate of drug-likeness (QED) is 0.384. The van der Waals surface area contributed by atoms with Gasteiger partial charge in [-0.25, -0.2) is 0 Å². The van der Waals surface area contributed by atoms with Crippen LogP contribution in [-0.2, 0) is 0 Å². The zero-order chi connectivity index (χ0) is 20.5. The van der Waals surface area contributed by atoms with E-state index in [-0.39, 0.29) is 0 Å². The Hall–Kier alpha value is 1.05. The van der Waals surface area contributed by atoms with Gasteiger partial charge in [0, 0.05) is 0 Å². The molecule has 0 N–H and O–H groups in total. The summed E-state index contributed by atoms with van der Waals surface area (Å²) >= 11 is -2.32. The fourth-order valence-corrected chi connectivity index (χ4v) is 31.6. The Morgan fingerprint density at radius 3 is 0.640 bits per heavy atom. The number of hydrogen-bond donors (Lipinski definition) is 0. The summed E-state index contributed by atoms with van der Waals surface area (Å²) in [5.41, 5.74) is 0. The first-order valence-corrected chi connectivity index (χ1v) is 22.8. The number of hydrazine groups is 3. The van der Waals surface area contributed by atoms with Gasteiger partial charge in [-0.3, -0.25) is 0 Å². The van der Waals surface area contributed by atoms with Gasteiger partial charge in [-0.1, -0.05) is 0 Å². The predicted octanol–water partition coefficient (Wildman–Crippen LogP) is 2.81. The molecule has 0 fully saturated rings. The molecule has 0 aliphatic carbocycles. The molecule has 0 aliphatic heterocycles. The third kappa shape index (κ3) is 7.18. The van der Waals surface area contributed by atoms with Crippen molar-refractivity contribution in [2.24, 2.45) is 0 Å². The molecule has 0 atom stereocenters. The van der Waals surface area contributed by atoms with Crippen molar-refractivity contribution in [2.75, 3.05) is 42.3 Å². The molecule has 0 unspecified atom stereocenters. The van der Waals surface area contributed by atoms with E-state index < -0.39 is 41.6 Å². The van der Waals surface area contributed by atoms with E-state index in [1.54, 1.807) is 0 Å². The van der Waals surface area contributed by atoms with E-state index in [1.807, 2.05) is 0 Å². The van der Waals surface area contributed by atoms with Crippen LogP contribution in [-0.4, -0.2) is 109 Å². The van der Waals surface area contributed by atoms with Gasteiger partial charge in [0.25, 0.3) is 0 Å². The Morgan fingerprint density at radius 1 is 0.400 bits per heavy atom. The molecule has 0 saturated heterocycles. The van der Waals surface area contributed by atoms with E-state index in [1.165, 1.54) is 0 Å². The van der Waals surface area contributed by atoms with Gasteiger partial charge in [0.15, 0.2) is 0 Å². The van der Waals surface area contributed by atoms with Crippen LogP contribution in [0.4, 0.5) is 0 Å². The molecule has 0 rings (SSSR count). The van der Waals surface area contributed by atoms with Crippen molar-refractivity contribution in [1.29, 1.82) is 0 Å². The molecule has 6 nitrogen and oxygen atoms in total. The third-order valence-corrected chi connectivity index (χ3v) is 33.2. The zero-order valence-corrected chi connectivity index (χ0v) is 25.2. The minimum absolute atomic E-state index is 1.54. The summed E-state index contributed by atoms with van der Waals surface area (Å²) in [5, 5.41) is 7.22. The first-order chi connectivity index (χ1) is 10.8. The average molecular weight is 464 g/mol. The third-order valence-electron chi connectivity index (χ3n) is 4.01. The van der Waals surface area contributed by atoms with Crippen LogP contribution >= 0.6 is 0 Å². The molecule has 0 saturated carbocycles. The molecule has 0 aliphatic rings. The van der Waals surface area contributed by atoms with Crippen LogP contribution in [0.1, 0.15) is 0 Å². The molecule has 0 bridgehead atoms. The van der Waals surface area contributed by atoms with Gasteiger partial charge in [0.1, 0.15) is 0 Å². The zero-order valence-electron chi connectivity index (χ0n) is 19.8. The fraction of sp³-hybridized carbons (Fsp3) is 1.00. The molecular weight excluding hydrogens is 418 g/mol. The topological polar surface area (TPSA) is 19.4 Å². The van der Waals surface area contributed by atoms with Gasteiger partial charge >= 0.3 is 168 Å². The van der Waals surface area contributed by atoms with Crippen molar-refractivity contribution in [1.82, 2.24) is 25.2 Å². The predicted molar refractivity (Wildman–Crippen MR) is 122 cm³/mol. The molecular formula is C15H45GaN6Si3. The van der Waals surface area contributed by atoms with Crippen molar-refractivity contribution >= 4 is 41.6 Å². The van der Waals surface area contributed by atoms with Gasteiger partial charge in [-0.15, -0.1) is 0 Å². The van der Waals surface area contributed by atoms with Crippen molar-refractivity contribution in [3.05, 3.63) is 0 Å². The number of rotatable bonds is 9. The van der Waals surface area contributed by atoms with Crippen LogP contribution in [0.15, 0.2) is 0 Å². The average Bonchev–Trinajstić information content (AvgIpc) is 2.19. The van der Waals surface area contributed by atoms with Crippen molar-refractivity contribution in [3.8, 4) is 0 Å². The van der Waals surface area contributed by atoms with Crippen molar-refractivity contribution < 1.29 is 0 Å². The fourth-order valence-electron chi connectivity index (χ4n) is 3.77. The van der Waals surface area contributed by atoms with Crippen LogP contribution < -0.4 is 0 Å². The molecule has 0 aromatic carbocycles. The summed E-state index contributed by atoms with van der Waals surface area (Å²) in [7, 11) is 8.84. The van der Waals surface area contributed by atoms with Gasteiger partial charge in [0.2, 0.25) is 0 Å². The van der Waals surface area contributed by atoms with E-state index in [2.05, 4.69) is 126 Å². The molecule has 25 heavy (non-hydrogen) atoms. The Bertz CT molecular complexity index is 353. The maximum absolute atomic E-state index is 2.84. The molecule has 0 radical (unpaired) electrons. The molecule has 0 heterocycles. The SMILES string of the molecule is CN(C)[N]([Ga]([N](N(C)C)[Si](C)(C)C)[N](N(C)C)[Si](C)(C)C)[Si](C)(C)C.